The van der Waals surface area contributed by atoms with Crippen LogP contribution in [0.4, 0.5) is 11.4 Å². The third-order valence-electron chi connectivity index (χ3n) is 6.53. The van der Waals surface area contributed by atoms with Crippen molar-refractivity contribution >= 4 is 46.8 Å². The van der Waals surface area contributed by atoms with Crippen molar-refractivity contribution in [3.63, 3.8) is 0 Å². The van der Waals surface area contributed by atoms with Gasteiger partial charge in [0.1, 0.15) is 0 Å². The predicted octanol–water partition coefficient (Wildman–Crippen LogP) is 2.95. The largest absolute Gasteiger partial charge is 0.322 e. The van der Waals surface area contributed by atoms with Gasteiger partial charge in [-0.1, -0.05) is 6.07 Å². The molecule has 184 valence electrons. The van der Waals surface area contributed by atoms with Crippen molar-refractivity contribution in [2.24, 2.45) is 0 Å². The number of fused-ring (bicyclic) bond motifs is 2. The molecule has 2 aliphatic heterocycles. The molecule has 0 radical (unpaired) electrons. The van der Waals surface area contributed by atoms with E-state index in [1.54, 1.807) is 25.1 Å². The Labute approximate surface area is 210 Å². The number of nitrogens with zero attached hydrogens (tertiary/aromatic N) is 2. The zero-order valence-electron chi connectivity index (χ0n) is 20.0. The summed E-state index contributed by atoms with van der Waals surface area (Å²) in [6, 6.07) is 13.6. The number of imide groups is 2. The van der Waals surface area contributed by atoms with E-state index in [1.807, 2.05) is 0 Å². The van der Waals surface area contributed by atoms with E-state index in [-0.39, 0.29) is 33.4 Å². The summed E-state index contributed by atoms with van der Waals surface area (Å²) >= 11 is 0. The van der Waals surface area contributed by atoms with Crippen LogP contribution in [-0.2, 0) is 0 Å². The first-order chi connectivity index (χ1) is 17.6. The number of hydrogen-bond donors (Lipinski definition) is 2. The molecule has 0 aliphatic carbocycles. The number of anilines is 2. The summed E-state index contributed by atoms with van der Waals surface area (Å²) in [5.74, 6) is -2.76. The zero-order valence-corrected chi connectivity index (χ0v) is 20.0. The fraction of sp³-hybridized carbons (Fsp3) is 0.111. The van der Waals surface area contributed by atoms with Crippen molar-refractivity contribution < 1.29 is 28.8 Å². The minimum Gasteiger partial charge on any atom is -0.322 e. The van der Waals surface area contributed by atoms with E-state index in [9.17, 15) is 28.8 Å². The van der Waals surface area contributed by atoms with Gasteiger partial charge in [-0.15, -0.1) is 0 Å². The van der Waals surface area contributed by atoms with Gasteiger partial charge in [0.25, 0.3) is 35.4 Å². The Morgan fingerprint density at radius 3 is 1.38 bits per heavy atom. The molecule has 0 saturated heterocycles. The molecule has 6 amide bonds. The normalized spacial score (nSPS) is 14.1. The average molecular weight is 496 g/mol. The lowest BCUT2D eigenvalue weighted by Crippen LogP contribution is -2.24. The molecule has 37 heavy (non-hydrogen) atoms. The topological polar surface area (TPSA) is 133 Å². The average Bonchev–Trinajstić information content (AvgIpc) is 3.25. The summed E-state index contributed by atoms with van der Waals surface area (Å²) in [5.41, 5.74) is 2.65. The van der Waals surface area contributed by atoms with Gasteiger partial charge < -0.3 is 10.6 Å². The highest BCUT2D eigenvalue weighted by Gasteiger charge is 2.34. The molecule has 5 rings (SSSR count). The van der Waals surface area contributed by atoms with Crippen LogP contribution in [0, 0.1) is 6.92 Å². The molecule has 2 N–H and O–H groups in total. The van der Waals surface area contributed by atoms with Crippen LogP contribution in [0.15, 0.2) is 54.6 Å². The molecule has 3 aromatic rings. The Morgan fingerprint density at radius 1 is 0.595 bits per heavy atom. The van der Waals surface area contributed by atoms with Crippen molar-refractivity contribution in [2.45, 2.75) is 6.92 Å². The second kappa shape index (κ2) is 8.52. The van der Waals surface area contributed by atoms with Crippen molar-refractivity contribution in [2.75, 3.05) is 24.7 Å². The molecule has 2 heterocycles. The summed E-state index contributed by atoms with van der Waals surface area (Å²) in [6.07, 6.45) is 0. The van der Waals surface area contributed by atoms with Gasteiger partial charge in [-0.05, 0) is 61.0 Å². The molecule has 0 bridgehead atoms. The molecule has 0 unspecified atom stereocenters. The summed E-state index contributed by atoms with van der Waals surface area (Å²) in [5, 5.41) is 5.54. The monoisotopic (exact) mass is 496 g/mol. The second-order valence-corrected chi connectivity index (χ2v) is 8.75. The number of nitrogens with one attached hydrogen (secondary N) is 2. The predicted molar refractivity (Wildman–Crippen MR) is 133 cm³/mol. The maximum atomic E-state index is 12.9. The van der Waals surface area contributed by atoms with Gasteiger partial charge in [0.2, 0.25) is 0 Å². The van der Waals surface area contributed by atoms with E-state index >= 15 is 0 Å². The Balaban J connectivity index is 1.35. The van der Waals surface area contributed by atoms with Crippen molar-refractivity contribution in [1.29, 1.82) is 0 Å². The van der Waals surface area contributed by atoms with E-state index in [0.29, 0.717) is 16.9 Å². The number of amides is 6. The van der Waals surface area contributed by atoms with Crippen molar-refractivity contribution in [3.8, 4) is 0 Å². The fourth-order valence-electron chi connectivity index (χ4n) is 4.30. The van der Waals surface area contributed by atoms with Gasteiger partial charge >= 0.3 is 0 Å². The Morgan fingerprint density at radius 2 is 0.973 bits per heavy atom. The minimum absolute atomic E-state index is 0.165. The summed E-state index contributed by atoms with van der Waals surface area (Å²) in [4.78, 5) is 76.5. The smallest absolute Gasteiger partial charge is 0.261 e. The third-order valence-corrected chi connectivity index (χ3v) is 6.53. The molecule has 3 aromatic carbocycles. The second-order valence-electron chi connectivity index (χ2n) is 8.75. The number of carbonyl (C=O) groups is 6. The number of rotatable bonds is 4. The SMILES string of the molecule is Cc1c(NC(=O)c2ccc3c(c2)C(=O)N(C)C3=O)cccc1NC(=O)c1ccc2c(c1)C(=O)N(C)C2=O. The van der Waals surface area contributed by atoms with Gasteiger partial charge in [0.15, 0.2) is 0 Å². The van der Waals surface area contributed by atoms with E-state index in [1.165, 1.54) is 50.5 Å². The summed E-state index contributed by atoms with van der Waals surface area (Å²) in [7, 11) is 2.76. The number of carbonyl (C=O) groups excluding carboxylic acids is 6. The molecule has 0 fully saturated rings. The third kappa shape index (κ3) is 3.75. The van der Waals surface area contributed by atoms with Crippen molar-refractivity contribution in [3.05, 3.63) is 93.5 Å². The highest BCUT2D eigenvalue weighted by molar-refractivity contribution is 6.23. The first kappa shape index (κ1) is 23.6. The molecule has 0 saturated carbocycles. The van der Waals surface area contributed by atoms with Crippen LogP contribution in [0.2, 0.25) is 0 Å². The lowest BCUT2D eigenvalue weighted by molar-refractivity contribution is 0.0677. The van der Waals surface area contributed by atoms with E-state index in [4.69, 9.17) is 0 Å². The molecular weight excluding hydrogens is 476 g/mol. The van der Waals surface area contributed by atoms with Crippen LogP contribution in [0.1, 0.15) is 67.7 Å². The maximum absolute atomic E-state index is 12.9. The van der Waals surface area contributed by atoms with Gasteiger partial charge in [-0.2, -0.15) is 0 Å². The highest BCUT2D eigenvalue weighted by Crippen LogP contribution is 2.27. The standard InChI is InChI=1S/C27H20N4O6/c1-13-20(28-22(32)14-7-9-16-18(11-14)26(36)30(2)24(16)34)5-4-6-21(13)29-23(33)15-8-10-17-19(12-15)27(37)31(3)25(17)35/h4-12H,1-3H3,(H,28,32)(H,29,33). The Hall–Kier alpha value is -5.12. The van der Waals surface area contributed by atoms with Crippen LogP contribution in [0.25, 0.3) is 0 Å². The summed E-state index contributed by atoms with van der Waals surface area (Å²) < 4.78 is 0. The molecule has 0 atom stereocenters. The van der Waals surface area contributed by atoms with Gasteiger partial charge in [0.05, 0.1) is 22.3 Å². The van der Waals surface area contributed by atoms with Gasteiger partial charge in [-0.3, -0.25) is 38.6 Å². The lowest BCUT2D eigenvalue weighted by Gasteiger charge is -2.14. The van der Waals surface area contributed by atoms with E-state index in [2.05, 4.69) is 10.6 Å². The van der Waals surface area contributed by atoms with Crippen LogP contribution in [0.5, 0.6) is 0 Å². The highest BCUT2D eigenvalue weighted by atomic mass is 16.2. The molecule has 10 heteroatoms. The summed E-state index contributed by atoms with van der Waals surface area (Å²) in [6.45, 7) is 1.71. The zero-order chi connectivity index (χ0) is 26.6. The molecular formula is C27H20N4O6. The first-order valence-electron chi connectivity index (χ1n) is 11.2. The lowest BCUT2D eigenvalue weighted by atomic mass is 10.0. The molecule has 2 aliphatic rings. The van der Waals surface area contributed by atoms with Crippen LogP contribution >= 0.6 is 0 Å². The number of benzene rings is 3. The first-order valence-corrected chi connectivity index (χ1v) is 11.2. The molecule has 0 aromatic heterocycles. The maximum Gasteiger partial charge on any atom is 0.261 e. The van der Waals surface area contributed by atoms with Crippen LogP contribution in [-0.4, -0.2) is 59.3 Å². The van der Waals surface area contributed by atoms with E-state index in [0.717, 1.165) is 9.80 Å². The quantitative estimate of drug-likeness (QED) is 0.534. The van der Waals surface area contributed by atoms with Crippen LogP contribution < -0.4 is 10.6 Å². The molecule has 0 spiro atoms. The fourth-order valence-corrected chi connectivity index (χ4v) is 4.30. The van der Waals surface area contributed by atoms with E-state index < -0.39 is 35.4 Å². The molecule has 10 nitrogen and oxygen atoms in total. The Bertz CT molecular complexity index is 1480. The van der Waals surface area contributed by atoms with Gasteiger partial charge in [0, 0.05) is 36.6 Å². The Kier molecular flexibility index (Phi) is 5.44. The minimum atomic E-state index is -0.491. The van der Waals surface area contributed by atoms with Crippen LogP contribution in [0.3, 0.4) is 0 Å². The number of hydrogen-bond acceptors (Lipinski definition) is 6. The van der Waals surface area contributed by atoms with Crippen molar-refractivity contribution in [1.82, 2.24) is 9.80 Å². The van der Waals surface area contributed by atoms with Gasteiger partial charge in [-0.25, -0.2) is 0 Å².